The number of aryl methyl sites for hydroxylation is 1. The van der Waals surface area contributed by atoms with Crippen LogP contribution in [0.25, 0.3) is 5.65 Å². The second-order valence-electron chi connectivity index (χ2n) is 5.83. The molecule has 8 nitrogen and oxygen atoms in total. The first-order valence-electron chi connectivity index (χ1n) is 7.28. The molecule has 8 heteroatoms. The molecule has 114 valence electrons. The first-order chi connectivity index (χ1) is 10.7. The maximum absolute atomic E-state index is 4.52. The summed E-state index contributed by atoms with van der Waals surface area (Å²) in [5, 5.41) is 12.3. The van der Waals surface area contributed by atoms with E-state index in [0.717, 1.165) is 36.8 Å². The molecule has 1 aliphatic rings. The van der Waals surface area contributed by atoms with Crippen LogP contribution in [0.15, 0.2) is 31.0 Å². The third kappa shape index (κ3) is 2.31. The van der Waals surface area contributed by atoms with Gasteiger partial charge in [-0.05, 0) is 19.2 Å². The number of fused-ring (bicyclic) bond motifs is 1. The summed E-state index contributed by atoms with van der Waals surface area (Å²) in [5.41, 5.74) is 1.88. The lowest BCUT2D eigenvalue weighted by Gasteiger charge is -2.44. The van der Waals surface area contributed by atoms with Crippen LogP contribution < -0.4 is 4.90 Å². The minimum atomic E-state index is 0.528. The fraction of sp³-hybridized carbons (Fsp3) is 0.429. The number of anilines is 1. The summed E-state index contributed by atoms with van der Waals surface area (Å²) in [6.45, 7) is 2.82. The van der Waals surface area contributed by atoms with Crippen molar-refractivity contribution >= 4 is 11.5 Å². The minimum absolute atomic E-state index is 0.528. The van der Waals surface area contributed by atoms with E-state index < -0.39 is 0 Å². The van der Waals surface area contributed by atoms with Crippen molar-refractivity contribution in [1.82, 2.24) is 34.3 Å². The van der Waals surface area contributed by atoms with Gasteiger partial charge in [0.25, 0.3) is 0 Å². The molecule has 3 aromatic rings. The number of rotatable bonds is 4. The highest BCUT2D eigenvalue weighted by Crippen LogP contribution is 2.22. The molecule has 0 spiro atoms. The molecule has 0 atom stereocenters. The zero-order chi connectivity index (χ0) is 15.1. The molecule has 4 heterocycles. The Kier molecular flexibility index (Phi) is 3.04. The number of hydrogen-bond donors (Lipinski definition) is 0. The first-order valence-corrected chi connectivity index (χ1v) is 7.28. The van der Waals surface area contributed by atoms with Gasteiger partial charge in [0.15, 0.2) is 5.65 Å². The van der Waals surface area contributed by atoms with Crippen molar-refractivity contribution in [3.63, 3.8) is 0 Å². The van der Waals surface area contributed by atoms with Gasteiger partial charge in [-0.1, -0.05) is 0 Å². The van der Waals surface area contributed by atoms with Crippen LogP contribution in [0.5, 0.6) is 0 Å². The Hall–Kier alpha value is -2.48. The Morgan fingerprint density at radius 1 is 1.27 bits per heavy atom. The number of likely N-dealkylation sites (N-methyl/N-ethyl adjacent to an activating group) is 1. The van der Waals surface area contributed by atoms with Crippen LogP contribution in [-0.2, 0) is 13.6 Å². The van der Waals surface area contributed by atoms with Crippen LogP contribution in [0.4, 0.5) is 5.82 Å². The lowest BCUT2D eigenvalue weighted by molar-refractivity contribution is 0.194. The molecule has 1 aliphatic heterocycles. The van der Waals surface area contributed by atoms with Gasteiger partial charge in [-0.2, -0.15) is 4.52 Å². The molecule has 0 N–H and O–H groups in total. The van der Waals surface area contributed by atoms with Crippen molar-refractivity contribution < 1.29 is 0 Å². The van der Waals surface area contributed by atoms with E-state index in [1.54, 1.807) is 10.8 Å². The molecule has 0 amide bonds. The van der Waals surface area contributed by atoms with Crippen LogP contribution in [0.1, 0.15) is 5.69 Å². The summed E-state index contributed by atoms with van der Waals surface area (Å²) in [6.07, 6.45) is 5.53. The van der Waals surface area contributed by atoms with E-state index in [-0.39, 0.29) is 0 Å². The number of aromatic nitrogens is 6. The molecule has 1 fully saturated rings. The molecule has 3 aromatic heterocycles. The highest BCUT2D eigenvalue weighted by atomic mass is 15.4. The van der Waals surface area contributed by atoms with Crippen molar-refractivity contribution in [1.29, 1.82) is 0 Å². The Bertz CT molecular complexity index is 785. The van der Waals surface area contributed by atoms with Gasteiger partial charge in [-0.15, -0.1) is 15.3 Å². The standard InChI is InChI=1S/C14H18N8/c1-19-5-11(15-9-19)6-20(2)12-7-21(8-12)14-4-3-13-17-16-10-22(13)18-14/h3-5,9-10,12H,6-8H2,1-2H3. The summed E-state index contributed by atoms with van der Waals surface area (Å²) in [6, 6.07) is 4.47. The molecule has 0 radical (unpaired) electrons. The Balaban J connectivity index is 1.38. The van der Waals surface area contributed by atoms with Gasteiger partial charge < -0.3 is 9.47 Å². The van der Waals surface area contributed by atoms with E-state index >= 15 is 0 Å². The molecular weight excluding hydrogens is 280 g/mol. The normalized spacial score (nSPS) is 15.7. The third-order valence-corrected chi connectivity index (χ3v) is 4.13. The SMILES string of the molecule is CN(Cc1cn(C)cn1)C1CN(c2ccc3nncn3n2)C1. The molecule has 1 saturated heterocycles. The Morgan fingerprint density at radius 2 is 2.14 bits per heavy atom. The van der Waals surface area contributed by atoms with Crippen LogP contribution in [0.2, 0.25) is 0 Å². The van der Waals surface area contributed by atoms with Crippen molar-refractivity contribution in [2.24, 2.45) is 7.05 Å². The van der Waals surface area contributed by atoms with Gasteiger partial charge in [0, 0.05) is 38.9 Å². The van der Waals surface area contributed by atoms with Gasteiger partial charge >= 0.3 is 0 Å². The van der Waals surface area contributed by atoms with Gasteiger partial charge in [0.2, 0.25) is 0 Å². The predicted molar refractivity (Wildman–Crippen MR) is 81.5 cm³/mol. The van der Waals surface area contributed by atoms with Gasteiger partial charge in [-0.3, -0.25) is 4.90 Å². The minimum Gasteiger partial charge on any atom is -0.352 e. The average molecular weight is 298 g/mol. The lowest BCUT2D eigenvalue weighted by Crippen LogP contribution is -2.58. The second kappa shape index (κ2) is 5.06. The third-order valence-electron chi connectivity index (χ3n) is 4.13. The van der Waals surface area contributed by atoms with Gasteiger partial charge in [-0.25, -0.2) is 4.98 Å². The van der Waals surface area contributed by atoms with Crippen molar-refractivity contribution in [3.8, 4) is 0 Å². The quantitative estimate of drug-likeness (QED) is 0.684. The van der Waals surface area contributed by atoms with Crippen molar-refractivity contribution in [3.05, 3.63) is 36.7 Å². The van der Waals surface area contributed by atoms with E-state index in [1.165, 1.54) is 0 Å². The second-order valence-corrected chi connectivity index (χ2v) is 5.83. The molecule has 0 saturated carbocycles. The fourth-order valence-corrected chi connectivity index (χ4v) is 2.74. The van der Waals surface area contributed by atoms with E-state index in [1.807, 2.05) is 30.1 Å². The van der Waals surface area contributed by atoms with Crippen molar-refractivity contribution in [2.45, 2.75) is 12.6 Å². The van der Waals surface area contributed by atoms with Crippen LogP contribution in [0.3, 0.4) is 0 Å². The van der Waals surface area contributed by atoms with E-state index in [4.69, 9.17) is 0 Å². The fourth-order valence-electron chi connectivity index (χ4n) is 2.74. The van der Waals surface area contributed by atoms with E-state index in [0.29, 0.717) is 6.04 Å². The van der Waals surface area contributed by atoms with Crippen molar-refractivity contribution in [2.75, 3.05) is 25.0 Å². The summed E-state index contributed by atoms with van der Waals surface area (Å²) in [5.74, 6) is 0.967. The summed E-state index contributed by atoms with van der Waals surface area (Å²) < 4.78 is 3.69. The van der Waals surface area contributed by atoms with Gasteiger partial charge in [0.05, 0.1) is 12.0 Å². The Labute approximate surface area is 128 Å². The highest BCUT2D eigenvalue weighted by Gasteiger charge is 2.31. The largest absolute Gasteiger partial charge is 0.352 e. The predicted octanol–water partition coefficient (Wildman–Crippen LogP) is 0.178. The molecule has 0 bridgehead atoms. The van der Waals surface area contributed by atoms with Gasteiger partial charge in [0.1, 0.15) is 12.1 Å². The summed E-state index contributed by atoms with van der Waals surface area (Å²) in [7, 11) is 4.14. The molecule has 0 unspecified atom stereocenters. The zero-order valence-electron chi connectivity index (χ0n) is 12.7. The smallest absolute Gasteiger partial charge is 0.177 e. The Morgan fingerprint density at radius 3 is 2.91 bits per heavy atom. The number of hydrogen-bond acceptors (Lipinski definition) is 6. The topological polar surface area (TPSA) is 67.4 Å². The van der Waals surface area contributed by atoms with E-state index in [9.17, 15) is 0 Å². The van der Waals surface area contributed by atoms with Crippen LogP contribution in [-0.4, -0.2) is 60.4 Å². The maximum atomic E-state index is 4.52. The summed E-state index contributed by atoms with van der Waals surface area (Å²) in [4.78, 5) is 8.99. The lowest BCUT2D eigenvalue weighted by atomic mass is 10.1. The average Bonchev–Trinajstić information content (AvgIpc) is 3.05. The monoisotopic (exact) mass is 298 g/mol. The maximum Gasteiger partial charge on any atom is 0.177 e. The molecule has 4 rings (SSSR count). The zero-order valence-corrected chi connectivity index (χ0v) is 12.7. The van der Waals surface area contributed by atoms with Crippen LogP contribution >= 0.6 is 0 Å². The molecule has 22 heavy (non-hydrogen) atoms. The first kappa shape index (κ1) is 13.2. The number of nitrogens with zero attached hydrogens (tertiary/aromatic N) is 8. The molecule has 0 aliphatic carbocycles. The number of imidazole rings is 1. The highest BCUT2D eigenvalue weighted by molar-refractivity contribution is 5.47. The van der Waals surface area contributed by atoms with E-state index in [2.05, 4.69) is 43.3 Å². The summed E-state index contributed by atoms with van der Waals surface area (Å²) >= 11 is 0. The molecular formula is C14H18N8. The molecule has 0 aromatic carbocycles. The van der Waals surface area contributed by atoms with Crippen LogP contribution in [0, 0.1) is 0 Å².